The lowest BCUT2D eigenvalue weighted by Crippen LogP contribution is -2.26. The summed E-state index contributed by atoms with van der Waals surface area (Å²) in [5.74, 6) is 0.309. The summed E-state index contributed by atoms with van der Waals surface area (Å²) < 4.78 is 5.66. The Kier molecular flexibility index (Phi) is 4.74. The first-order valence-electron chi connectivity index (χ1n) is 5.50. The molecule has 2 nitrogen and oxygen atoms in total. The number of aliphatic hydroxyl groups excluding tert-OH is 1. The van der Waals surface area contributed by atoms with Crippen LogP contribution in [0.5, 0.6) is 0 Å². The summed E-state index contributed by atoms with van der Waals surface area (Å²) in [5.41, 5.74) is 0. The van der Waals surface area contributed by atoms with Crippen LogP contribution in [-0.4, -0.2) is 23.9 Å². The molecule has 2 heteroatoms. The SMILES string of the molecule is CC(C)C(O)COC1CCCCC1. The second-order valence-corrected chi connectivity index (χ2v) is 4.40. The minimum atomic E-state index is -0.290. The second-order valence-electron chi connectivity index (χ2n) is 4.40. The third-order valence-electron chi connectivity index (χ3n) is 2.82. The van der Waals surface area contributed by atoms with Gasteiger partial charge in [0.1, 0.15) is 0 Å². The van der Waals surface area contributed by atoms with E-state index in [9.17, 15) is 5.11 Å². The first-order valence-corrected chi connectivity index (χ1v) is 5.50. The van der Waals surface area contributed by atoms with Crippen molar-refractivity contribution in [2.24, 2.45) is 5.92 Å². The molecule has 0 bridgehead atoms. The first kappa shape index (κ1) is 11.0. The molecule has 0 radical (unpaired) electrons. The van der Waals surface area contributed by atoms with Gasteiger partial charge in [-0.05, 0) is 18.8 Å². The van der Waals surface area contributed by atoms with Crippen molar-refractivity contribution in [1.29, 1.82) is 0 Å². The molecule has 13 heavy (non-hydrogen) atoms. The van der Waals surface area contributed by atoms with Crippen molar-refractivity contribution in [2.45, 2.75) is 58.2 Å². The summed E-state index contributed by atoms with van der Waals surface area (Å²) in [6, 6.07) is 0. The zero-order valence-electron chi connectivity index (χ0n) is 8.83. The van der Waals surface area contributed by atoms with Crippen molar-refractivity contribution < 1.29 is 9.84 Å². The molecule has 1 rings (SSSR count). The first-order chi connectivity index (χ1) is 6.20. The average Bonchev–Trinajstić information content (AvgIpc) is 2.15. The van der Waals surface area contributed by atoms with E-state index in [-0.39, 0.29) is 6.10 Å². The summed E-state index contributed by atoms with van der Waals surface area (Å²) in [6.45, 7) is 4.56. The molecule has 0 aliphatic heterocycles. The largest absolute Gasteiger partial charge is 0.390 e. The molecule has 0 aromatic heterocycles. The van der Waals surface area contributed by atoms with Gasteiger partial charge < -0.3 is 9.84 Å². The van der Waals surface area contributed by atoms with Crippen molar-refractivity contribution in [2.75, 3.05) is 6.61 Å². The summed E-state index contributed by atoms with van der Waals surface area (Å²) in [7, 11) is 0. The van der Waals surface area contributed by atoms with Crippen LogP contribution in [0.4, 0.5) is 0 Å². The van der Waals surface area contributed by atoms with E-state index >= 15 is 0 Å². The number of hydrogen-bond acceptors (Lipinski definition) is 2. The Morgan fingerprint density at radius 2 is 1.85 bits per heavy atom. The van der Waals surface area contributed by atoms with E-state index in [1.807, 2.05) is 13.8 Å². The van der Waals surface area contributed by atoms with Gasteiger partial charge in [-0.25, -0.2) is 0 Å². The molecule has 1 aliphatic rings. The van der Waals surface area contributed by atoms with Crippen LogP contribution in [0.15, 0.2) is 0 Å². The Hall–Kier alpha value is -0.0800. The Morgan fingerprint density at radius 1 is 1.23 bits per heavy atom. The second kappa shape index (κ2) is 5.61. The molecule has 1 fully saturated rings. The molecule has 0 spiro atoms. The van der Waals surface area contributed by atoms with E-state index < -0.39 is 0 Å². The smallest absolute Gasteiger partial charge is 0.0796 e. The lowest BCUT2D eigenvalue weighted by atomic mass is 9.98. The minimum absolute atomic E-state index is 0.290. The quantitative estimate of drug-likeness (QED) is 0.730. The fraction of sp³-hybridized carbons (Fsp3) is 1.00. The molecule has 0 amide bonds. The number of rotatable bonds is 4. The average molecular weight is 186 g/mol. The van der Waals surface area contributed by atoms with Crippen molar-refractivity contribution in [3.63, 3.8) is 0 Å². The zero-order chi connectivity index (χ0) is 9.68. The highest BCUT2D eigenvalue weighted by Gasteiger charge is 2.16. The molecule has 78 valence electrons. The predicted molar refractivity (Wildman–Crippen MR) is 53.7 cm³/mol. The van der Waals surface area contributed by atoms with Crippen LogP contribution in [0.2, 0.25) is 0 Å². The highest BCUT2D eigenvalue weighted by atomic mass is 16.5. The summed E-state index contributed by atoms with van der Waals surface area (Å²) in [4.78, 5) is 0. The van der Waals surface area contributed by atoms with E-state index in [0.29, 0.717) is 18.6 Å². The maximum Gasteiger partial charge on any atom is 0.0796 e. The lowest BCUT2D eigenvalue weighted by Gasteiger charge is -2.24. The van der Waals surface area contributed by atoms with Crippen LogP contribution < -0.4 is 0 Å². The molecule has 0 saturated heterocycles. The molecular weight excluding hydrogens is 164 g/mol. The van der Waals surface area contributed by atoms with Gasteiger partial charge >= 0.3 is 0 Å². The third-order valence-corrected chi connectivity index (χ3v) is 2.82. The highest BCUT2D eigenvalue weighted by Crippen LogP contribution is 2.20. The van der Waals surface area contributed by atoms with Crippen LogP contribution in [0.3, 0.4) is 0 Å². The fourth-order valence-corrected chi connectivity index (χ4v) is 1.66. The third kappa shape index (κ3) is 4.10. The Bertz CT molecular complexity index is 128. The van der Waals surface area contributed by atoms with Crippen molar-refractivity contribution in [1.82, 2.24) is 0 Å². The van der Waals surface area contributed by atoms with Crippen LogP contribution in [0, 0.1) is 5.92 Å². The van der Waals surface area contributed by atoms with Gasteiger partial charge in [-0.3, -0.25) is 0 Å². The van der Waals surface area contributed by atoms with E-state index in [1.165, 1.54) is 32.1 Å². The molecule has 0 aromatic carbocycles. The normalized spacial score (nSPS) is 22.2. The van der Waals surface area contributed by atoms with Crippen molar-refractivity contribution in [3.05, 3.63) is 0 Å². The molecule has 1 N–H and O–H groups in total. The van der Waals surface area contributed by atoms with Crippen LogP contribution in [0.1, 0.15) is 46.0 Å². The maximum atomic E-state index is 9.53. The monoisotopic (exact) mass is 186 g/mol. The van der Waals surface area contributed by atoms with Crippen molar-refractivity contribution in [3.8, 4) is 0 Å². The number of aliphatic hydroxyl groups is 1. The summed E-state index contributed by atoms with van der Waals surface area (Å²) in [6.07, 6.45) is 6.44. The van der Waals surface area contributed by atoms with Crippen LogP contribution in [-0.2, 0) is 4.74 Å². The topological polar surface area (TPSA) is 29.5 Å². The van der Waals surface area contributed by atoms with Gasteiger partial charge in [-0.2, -0.15) is 0 Å². The van der Waals surface area contributed by atoms with Gasteiger partial charge in [0.2, 0.25) is 0 Å². The summed E-state index contributed by atoms with van der Waals surface area (Å²) in [5, 5.41) is 9.53. The van der Waals surface area contributed by atoms with E-state index in [4.69, 9.17) is 4.74 Å². The van der Waals surface area contributed by atoms with Crippen molar-refractivity contribution >= 4 is 0 Å². The molecule has 0 heterocycles. The zero-order valence-corrected chi connectivity index (χ0v) is 8.83. The maximum absolute atomic E-state index is 9.53. The van der Waals surface area contributed by atoms with Gasteiger partial charge in [0.25, 0.3) is 0 Å². The van der Waals surface area contributed by atoms with Gasteiger partial charge in [-0.1, -0.05) is 33.1 Å². The number of ether oxygens (including phenoxy) is 1. The van der Waals surface area contributed by atoms with E-state index in [0.717, 1.165) is 0 Å². The summed E-state index contributed by atoms with van der Waals surface area (Å²) >= 11 is 0. The minimum Gasteiger partial charge on any atom is -0.390 e. The molecule has 1 unspecified atom stereocenters. The fourth-order valence-electron chi connectivity index (χ4n) is 1.66. The molecule has 1 aliphatic carbocycles. The Balaban J connectivity index is 2.10. The van der Waals surface area contributed by atoms with Gasteiger partial charge in [-0.15, -0.1) is 0 Å². The van der Waals surface area contributed by atoms with E-state index in [1.54, 1.807) is 0 Å². The van der Waals surface area contributed by atoms with Gasteiger partial charge in [0.05, 0.1) is 18.8 Å². The molecule has 0 aromatic rings. The Labute approximate surface area is 81.3 Å². The predicted octanol–water partition coefficient (Wildman–Crippen LogP) is 2.35. The van der Waals surface area contributed by atoms with Gasteiger partial charge in [0.15, 0.2) is 0 Å². The Morgan fingerprint density at radius 3 is 2.38 bits per heavy atom. The van der Waals surface area contributed by atoms with Crippen LogP contribution >= 0.6 is 0 Å². The standard InChI is InChI=1S/C11H22O2/c1-9(2)11(12)8-13-10-6-4-3-5-7-10/h9-12H,3-8H2,1-2H3. The number of hydrogen-bond donors (Lipinski definition) is 1. The van der Waals surface area contributed by atoms with Gasteiger partial charge in [0, 0.05) is 0 Å². The van der Waals surface area contributed by atoms with E-state index in [2.05, 4.69) is 0 Å². The van der Waals surface area contributed by atoms with Crippen LogP contribution in [0.25, 0.3) is 0 Å². The molecule has 1 saturated carbocycles. The highest BCUT2D eigenvalue weighted by molar-refractivity contribution is 4.67. The molecule has 1 atom stereocenters. The lowest BCUT2D eigenvalue weighted by molar-refractivity contribution is -0.0375. The molecular formula is C11H22O2.